The summed E-state index contributed by atoms with van der Waals surface area (Å²) in [6.07, 6.45) is 8.29. The minimum atomic E-state index is -2.88. The number of likely N-dealkylation sites (tertiary alicyclic amines) is 1. The van der Waals surface area contributed by atoms with Crippen LogP contribution in [0.2, 0.25) is 0 Å². The zero-order valence-electron chi connectivity index (χ0n) is 14.3. The van der Waals surface area contributed by atoms with Crippen molar-refractivity contribution in [3.63, 3.8) is 0 Å². The molecule has 1 aromatic heterocycles. The summed E-state index contributed by atoms with van der Waals surface area (Å²) in [6.45, 7) is 1.67. The van der Waals surface area contributed by atoms with Crippen molar-refractivity contribution in [2.75, 3.05) is 13.1 Å². The van der Waals surface area contributed by atoms with E-state index in [0.717, 1.165) is 37.1 Å². The third kappa shape index (κ3) is 3.91. The van der Waals surface area contributed by atoms with Gasteiger partial charge >= 0.3 is 3.93 Å². The van der Waals surface area contributed by atoms with E-state index in [9.17, 15) is 13.6 Å². The average Bonchev–Trinajstić information content (AvgIpc) is 3.04. The van der Waals surface area contributed by atoms with Crippen molar-refractivity contribution < 1.29 is 13.6 Å². The highest BCUT2D eigenvalue weighted by molar-refractivity contribution is 14.2. The molecule has 0 saturated carbocycles. The summed E-state index contributed by atoms with van der Waals surface area (Å²) < 4.78 is 29.7. The quantitative estimate of drug-likeness (QED) is 0.503. The summed E-state index contributed by atoms with van der Waals surface area (Å²) in [7, 11) is 1.54. The topological polar surface area (TPSA) is 38.1 Å². The Kier molecular flexibility index (Phi) is 5.50. The number of piperidine rings is 1. The van der Waals surface area contributed by atoms with E-state index in [1.807, 2.05) is 17.1 Å². The molecule has 0 unspecified atom stereocenters. The van der Waals surface area contributed by atoms with E-state index in [0.29, 0.717) is 18.5 Å². The molecule has 0 radical (unpaired) electrons. The number of aryl methyl sites for hydroxylation is 1. The van der Waals surface area contributed by atoms with Gasteiger partial charge in [0.1, 0.15) is 5.69 Å². The fourth-order valence-corrected chi connectivity index (χ4v) is 4.18. The highest BCUT2D eigenvalue weighted by Crippen LogP contribution is 2.39. The second-order valence-electron chi connectivity index (χ2n) is 6.41. The zero-order valence-corrected chi connectivity index (χ0v) is 16.4. The molecule has 1 aromatic rings. The summed E-state index contributed by atoms with van der Waals surface area (Å²) in [5, 5.41) is 4.24. The van der Waals surface area contributed by atoms with Gasteiger partial charge in [-0.15, -0.1) is 0 Å². The normalized spacial score (nSPS) is 18.8. The van der Waals surface area contributed by atoms with Gasteiger partial charge in [0.25, 0.3) is 0 Å². The molecular formula is C18H22F2IN3O. The molecule has 2 aliphatic rings. The number of aromatic nitrogens is 2. The molecule has 0 atom stereocenters. The van der Waals surface area contributed by atoms with E-state index in [2.05, 4.69) is 9.61 Å². The summed E-state index contributed by atoms with van der Waals surface area (Å²) in [5.74, 6) is 0.116. The van der Waals surface area contributed by atoms with E-state index < -0.39 is 24.7 Å². The standard InChI is InChI=1S/C18H22F2IN3O/c1-21-18(19,20)16-12-15(22-23(16)2)13-6-8-14(9-7-13)17(25)24-10-4-3-5-11-24/h6,8,12H,1,3-5,7,9-11H2,2H3. The maximum atomic E-state index is 13.9. The van der Waals surface area contributed by atoms with Crippen LogP contribution in [0.25, 0.3) is 5.57 Å². The van der Waals surface area contributed by atoms with Crippen molar-refractivity contribution in [3.05, 3.63) is 35.2 Å². The van der Waals surface area contributed by atoms with Gasteiger partial charge in [0.2, 0.25) is 5.91 Å². The van der Waals surface area contributed by atoms with Crippen LogP contribution in [0, 0.1) is 0 Å². The molecule has 25 heavy (non-hydrogen) atoms. The number of halogens is 3. The Labute approximate surface area is 156 Å². The van der Waals surface area contributed by atoms with Crippen LogP contribution in [-0.4, -0.2) is 38.2 Å². The van der Waals surface area contributed by atoms with Crippen molar-refractivity contribution in [2.45, 2.75) is 36.0 Å². The van der Waals surface area contributed by atoms with Crippen LogP contribution in [0.3, 0.4) is 0 Å². The number of rotatable bonds is 4. The first-order valence-electron chi connectivity index (χ1n) is 8.43. The fourth-order valence-electron chi connectivity index (χ4n) is 3.29. The molecule has 1 aliphatic heterocycles. The van der Waals surface area contributed by atoms with Crippen LogP contribution in [0.4, 0.5) is 8.78 Å². The molecular weight excluding hydrogens is 439 g/mol. The third-order valence-corrected chi connectivity index (χ3v) is 6.25. The number of carbonyl (C=O) groups excluding carboxylic acids is 1. The molecule has 0 aromatic carbocycles. The van der Waals surface area contributed by atoms with Gasteiger partial charge in [-0.1, -0.05) is 16.7 Å². The number of alkyl halides is 3. The Balaban J connectivity index is 1.78. The summed E-state index contributed by atoms with van der Waals surface area (Å²) in [4.78, 5) is 14.5. The lowest BCUT2D eigenvalue weighted by molar-refractivity contribution is -0.128. The molecule has 7 heteroatoms. The number of hydrogen-bond donors (Lipinski definition) is 0. The molecule has 0 spiro atoms. The second-order valence-corrected chi connectivity index (χ2v) is 8.52. The first-order chi connectivity index (χ1) is 11.9. The lowest BCUT2D eigenvalue weighted by atomic mass is 9.95. The largest absolute Gasteiger partial charge is 0.339 e. The van der Waals surface area contributed by atoms with Crippen molar-refractivity contribution in [1.29, 1.82) is 0 Å². The Hall–Kier alpha value is -1.38. The molecule has 1 fully saturated rings. The predicted molar refractivity (Wildman–Crippen MR) is 104 cm³/mol. The van der Waals surface area contributed by atoms with E-state index in [-0.39, 0.29) is 11.6 Å². The van der Waals surface area contributed by atoms with Crippen molar-refractivity contribution in [1.82, 2.24) is 14.7 Å². The van der Waals surface area contributed by atoms with Crippen LogP contribution in [0.1, 0.15) is 43.5 Å². The zero-order chi connectivity index (χ0) is 18.0. The van der Waals surface area contributed by atoms with Crippen molar-refractivity contribution in [3.8, 4) is 0 Å². The van der Waals surface area contributed by atoms with Crippen molar-refractivity contribution in [2.24, 2.45) is 7.05 Å². The van der Waals surface area contributed by atoms with Crippen molar-refractivity contribution >= 4 is 36.7 Å². The summed E-state index contributed by atoms with van der Waals surface area (Å²) in [5.41, 5.74) is 2.19. The van der Waals surface area contributed by atoms with Crippen LogP contribution >= 0.6 is 20.7 Å². The average molecular weight is 461 g/mol. The Morgan fingerprint density at radius 2 is 1.96 bits per heavy atom. The Bertz CT molecular complexity index is 746. The van der Waals surface area contributed by atoms with E-state index in [4.69, 9.17) is 0 Å². The highest BCUT2D eigenvalue weighted by Gasteiger charge is 2.33. The number of hydrogen-bond acceptors (Lipinski definition) is 2. The minimum absolute atomic E-state index is 0.0784. The first-order valence-corrected chi connectivity index (χ1v) is 11.0. The molecule has 0 N–H and O–H groups in total. The van der Waals surface area contributed by atoms with Gasteiger partial charge in [0.05, 0.1) is 5.69 Å². The lowest BCUT2D eigenvalue weighted by Crippen LogP contribution is -2.36. The fraction of sp³-hybridized carbons (Fsp3) is 0.500. The SMILES string of the molecule is C=IC(F)(F)c1cc(C2=CC=C(C(=O)N3CCCCC3)CC2)nn1C. The van der Waals surface area contributed by atoms with Gasteiger partial charge in [-0.3, -0.25) is 9.48 Å². The summed E-state index contributed by atoms with van der Waals surface area (Å²) in [6, 6.07) is 1.46. The van der Waals surface area contributed by atoms with E-state index in [1.54, 1.807) is 0 Å². The van der Waals surface area contributed by atoms with Gasteiger partial charge < -0.3 is 4.90 Å². The van der Waals surface area contributed by atoms with Gasteiger partial charge in [-0.05, 0) is 64.5 Å². The Morgan fingerprint density at radius 3 is 2.56 bits per heavy atom. The molecule has 1 saturated heterocycles. The monoisotopic (exact) mass is 461 g/mol. The number of allylic oxidation sites excluding steroid dienone is 3. The van der Waals surface area contributed by atoms with Gasteiger partial charge in [-0.25, -0.2) is 0 Å². The van der Waals surface area contributed by atoms with Crippen LogP contribution < -0.4 is 0 Å². The molecule has 136 valence electrons. The predicted octanol–water partition coefficient (Wildman–Crippen LogP) is 3.99. The second kappa shape index (κ2) is 7.47. The number of amides is 1. The van der Waals surface area contributed by atoms with Gasteiger partial charge in [-0.2, -0.15) is 13.9 Å². The maximum Gasteiger partial charge on any atom is 0.332 e. The smallest absolute Gasteiger partial charge is 0.332 e. The molecule has 1 aliphatic carbocycles. The molecule has 1 amide bonds. The first kappa shape index (κ1) is 18.4. The molecule has 3 rings (SSSR count). The highest BCUT2D eigenvalue weighted by atomic mass is 127. The van der Waals surface area contributed by atoms with E-state index in [1.165, 1.54) is 24.2 Å². The molecule has 0 bridgehead atoms. The van der Waals surface area contributed by atoms with Crippen LogP contribution in [0.5, 0.6) is 0 Å². The number of carbonyl (C=O) groups is 1. The Morgan fingerprint density at radius 1 is 1.24 bits per heavy atom. The molecule has 2 heterocycles. The maximum absolute atomic E-state index is 13.9. The molecule has 4 nitrogen and oxygen atoms in total. The summed E-state index contributed by atoms with van der Waals surface area (Å²) >= 11 is -1.49. The number of nitrogens with zero attached hydrogens (tertiary/aromatic N) is 3. The lowest BCUT2D eigenvalue weighted by Gasteiger charge is -2.28. The van der Waals surface area contributed by atoms with Gasteiger partial charge in [0.15, 0.2) is 0 Å². The third-order valence-electron chi connectivity index (χ3n) is 4.73. The van der Waals surface area contributed by atoms with Crippen LogP contribution in [0.15, 0.2) is 23.8 Å². The van der Waals surface area contributed by atoms with Crippen LogP contribution in [-0.2, 0) is 15.8 Å². The minimum Gasteiger partial charge on any atom is -0.339 e. The van der Waals surface area contributed by atoms with E-state index >= 15 is 0 Å². The van der Waals surface area contributed by atoms with Gasteiger partial charge in [0, 0.05) is 25.7 Å².